The lowest BCUT2D eigenvalue weighted by Gasteiger charge is -2.17. The largest absolute Gasteiger partial charge is 0.382 e. The van der Waals surface area contributed by atoms with Crippen LogP contribution in [0, 0.1) is 6.92 Å². The van der Waals surface area contributed by atoms with Crippen LogP contribution in [0.1, 0.15) is 18.4 Å². The van der Waals surface area contributed by atoms with E-state index in [1.807, 2.05) is 11.6 Å². The molecule has 0 N–H and O–H groups in total. The van der Waals surface area contributed by atoms with Gasteiger partial charge >= 0.3 is 0 Å². The zero-order valence-electron chi connectivity index (χ0n) is 12.4. The minimum Gasteiger partial charge on any atom is -0.382 e. The molecule has 0 bridgehead atoms. The van der Waals surface area contributed by atoms with Crippen LogP contribution >= 0.6 is 11.6 Å². The Bertz CT molecular complexity index is 578. The summed E-state index contributed by atoms with van der Waals surface area (Å²) in [7, 11) is 3.35. The van der Waals surface area contributed by atoms with Crippen molar-refractivity contribution in [3.8, 4) is 0 Å². The van der Waals surface area contributed by atoms with Gasteiger partial charge in [-0.3, -0.25) is 0 Å². The van der Waals surface area contributed by atoms with E-state index in [0.29, 0.717) is 19.0 Å². The van der Waals surface area contributed by atoms with Gasteiger partial charge in [0.15, 0.2) is 5.65 Å². The number of fused-ring (bicyclic) bond motifs is 1. The summed E-state index contributed by atoms with van der Waals surface area (Å²) in [5, 5.41) is 4.50. The zero-order chi connectivity index (χ0) is 14.7. The van der Waals surface area contributed by atoms with E-state index in [0.717, 1.165) is 29.2 Å². The third-order valence-corrected chi connectivity index (χ3v) is 3.61. The summed E-state index contributed by atoms with van der Waals surface area (Å²) in [5.74, 6) is 1.20. The fraction of sp³-hybridized carbons (Fsp3) is 0.692. The van der Waals surface area contributed by atoms with Crippen molar-refractivity contribution in [3.05, 3.63) is 11.5 Å². The van der Waals surface area contributed by atoms with Gasteiger partial charge < -0.3 is 14.0 Å². The van der Waals surface area contributed by atoms with Crippen molar-refractivity contribution < 1.29 is 9.47 Å². The number of aromatic nitrogens is 4. The Kier molecular flexibility index (Phi) is 5.01. The van der Waals surface area contributed by atoms with Crippen molar-refractivity contribution in [3.63, 3.8) is 0 Å². The zero-order valence-corrected chi connectivity index (χ0v) is 13.1. The lowest BCUT2D eigenvalue weighted by Crippen LogP contribution is -2.25. The van der Waals surface area contributed by atoms with Crippen molar-refractivity contribution >= 4 is 22.8 Å². The number of aryl methyl sites for hydroxylation is 2. The molecule has 0 amide bonds. The van der Waals surface area contributed by atoms with Crippen LogP contribution in [0.5, 0.6) is 0 Å². The lowest BCUT2D eigenvalue weighted by atomic mass is 10.3. The van der Waals surface area contributed by atoms with Crippen LogP contribution in [-0.2, 0) is 28.4 Å². The molecule has 2 aromatic rings. The highest BCUT2D eigenvalue weighted by Crippen LogP contribution is 2.21. The number of ether oxygens (including phenoxy) is 2. The number of hydrogen-bond donors (Lipinski definition) is 0. The minimum absolute atomic E-state index is 0.0418. The van der Waals surface area contributed by atoms with Crippen LogP contribution < -0.4 is 0 Å². The van der Waals surface area contributed by atoms with Gasteiger partial charge in [0.25, 0.3) is 0 Å². The van der Waals surface area contributed by atoms with Gasteiger partial charge in [-0.25, -0.2) is 9.67 Å². The summed E-state index contributed by atoms with van der Waals surface area (Å²) in [4.78, 5) is 4.60. The average Bonchev–Trinajstić information content (AvgIpc) is 2.96. The summed E-state index contributed by atoms with van der Waals surface area (Å²) >= 11 is 6.03. The van der Waals surface area contributed by atoms with E-state index in [2.05, 4.69) is 21.6 Å². The number of imidazole rings is 1. The lowest BCUT2D eigenvalue weighted by molar-refractivity contribution is 0.0184. The second-order valence-electron chi connectivity index (χ2n) is 4.66. The molecular formula is C13H21ClN4O2. The monoisotopic (exact) mass is 300 g/mol. The smallest absolute Gasteiger partial charge is 0.159 e. The van der Waals surface area contributed by atoms with Crippen LogP contribution in [0.3, 0.4) is 0 Å². The van der Waals surface area contributed by atoms with Gasteiger partial charge in [-0.2, -0.15) is 5.10 Å². The molecule has 0 aliphatic carbocycles. The number of hydrogen-bond acceptors (Lipinski definition) is 4. The molecule has 2 aromatic heterocycles. The SMILES string of the molecule is CCn1nc(C)c2nc(CCl)n(CC(COC)OC)c21. The topological polar surface area (TPSA) is 54.1 Å². The van der Waals surface area contributed by atoms with E-state index in [4.69, 9.17) is 21.1 Å². The summed E-state index contributed by atoms with van der Waals surface area (Å²) in [6, 6.07) is 0. The minimum atomic E-state index is -0.0418. The van der Waals surface area contributed by atoms with Gasteiger partial charge in [0.1, 0.15) is 11.3 Å². The van der Waals surface area contributed by atoms with Crippen LogP contribution in [0.25, 0.3) is 11.2 Å². The van der Waals surface area contributed by atoms with Crippen molar-refractivity contribution in [1.29, 1.82) is 0 Å². The molecule has 0 aromatic carbocycles. The molecule has 0 radical (unpaired) electrons. The molecule has 0 spiro atoms. The Balaban J connectivity index is 2.48. The van der Waals surface area contributed by atoms with E-state index in [1.54, 1.807) is 14.2 Å². The van der Waals surface area contributed by atoms with E-state index in [1.165, 1.54) is 0 Å². The third-order valence-electron chi connectivity index (χ3n) is 3.37. The maximum atomic E-state index is 6.03. The molecule has 20 heavy (non-hydrogen) atoms. The van der Waals surface area contributed by atoms with Crippen molar-refractivity contribution in [2.24, 2.45) is 0 Å². The van der Waals surface area contributed by atoms with Gasteiger partial charge in [0, 0.05) is 20.8 Å². The second kappa shape index (κ2) is 6.56. The molecule has 0 saturated carbocycles. The summed E-state index contributed by atoms with van der Waals surface area (Å²) in [5.41, 5.74) is 2.83. The van der Waals surface area contributed by atoms with Gasteiger partial charge in [-0.05, 0) is 13.8 Å². The van der Waals surface area contributed by atoms with Crippen LogP contribution in [-0.4, -0.2) is 46.3 Å². The first kappa shape index (κ1) is 15.3. The molecule has 0 aliphatic rings. The maximum Gasteiger partial charge on any atom is 0.159 e. The highest BCUT2D eigenvalue weighted by molar-refractivity contribution is 6.16. The first-order chi connectivity index (χ1) is 9.65. The summed E-state index contributed by atoms with van der Waals surface area (Å²) < 4.78 is 14.7. The molecule has 7 heteroatoms. The van der Waals surface area contributed by atoms with E-state index < -0.39 is 0 Å². The molecule has 6 nitrogen and oxygen atoms in total. The summed E-state index contributed by atoms with van der Waals surface area (Å²) in [6.45, 7) is 5.99. The first-order valence-electron chi connectivity index (χ1n) is 6.66. The highest BCUT2D eigenvalue weighted by atomic mass is 35.5. The Morgan fingerprint density at radius 1 is 1.35 bits per heavy atom. The molecule has 1 atom stereocenters. The summed E-state index contributed by atoms with van der Waals surface area (Å²) in [6.07, 6.45) is -0.0418. The van der Waals surface area contributed by atoms with Gasteiger partial charge in [0.2, 0.25) is 0 Å². The predicted molar refractivity (Wildman–Crippen MR) is 78.2 cm³/mol. The fourth-order valence-corrected chi connectivity index (χ4v) is 2.57. The molecule has 112 valence electrons. The van der Waals surface area contributed by atoms with Gasteiger partial charge in [-0.15, -0.1) is 11.6 Å². The highest BCUT2D eigenvalue weighted by Gasteiger charge is 2.20. The molecule has 2 heterocycles. The normalized spacial score (nSPS) is 13.2. The van der Waals surface area contributed by atoms with Gasteiger partial charge in [-0.1, -0.05) is 0 Å². The Morgan fingerprint density at radius 3 is 2.65 bits per heavy atom. The number of nitrogens with zero attached hydrogens (tertiary/aromatic N) is 4. The number of methoxy groups -OCH3 is 2. The standard InChI is InChI=1S/C13H21ClN4O2/c1-5-18-13-12(9(2)16-18)15-11(6-14)17(13)7-10(20-4)8-19-3/h10H,5-8H2,1-4H3. The van der Waals surface area contributed by atoms with Gasteiger partial charge in [0.05, 0.1) is 30.8 Å². The average molecular weight is 301 g/mol. The Hall–Kier alpha value is -1.11. The molecule has 0 aliphatic heterocycles. The van der Waals surface area contributed by atoms with E-state index >= 15 is 0 Å². The van der Waals surface area contributed by atoms with Crippen molar-refractivity contribution in [1.82, 2.24) is 19.3 Å². The quantitative estimate of drug-likeness (QED) is 0.734. The van der Waals surface area contributed by atoms with Crippen molar-refractivity contribution in [2.75, 3.05) is 20.8 Å². The number of rotatable bonds is 7. The molecule has 0 fully saturated rings. The van der Waals surface area contributed by atoms with Crippen LogP contribution in [0.4, 0.5) is 0 Å². The van der Waals surface area contributed by atoms with Crippen LogP contribution in [0.15, 0.2) is 0 Å². The van der Waals surface area contributed by atoms with Crippen LogP contribution in [0.2, 0.25) is 0 Å². The molecule has 2 rings (SSSR count). The number of alkyl halides is 1. The maximum absolute atomic E-state index is 6.03. The number of halogens is 1. The predicted octanol–water partition coefficient (Wildman–Crippen LogP) is 1.96. The van der Waals surface area contributed by atoms with E-state index in [-0.39, 0.29) is 6.10 Å². The third kappa shape index (κ3) is 2.68. The molecular weight excluding hydrogens is 280 g/mol. The molecule has 1 unspecified atom stereocenters. The Morgan fingerprint density at radius 2 is 2.10 bits per heavy atom. The first-order valence-corrected chi connectivity index (χ1v) is 7.19. The van der Waals surface area contributed by atoms with Crippen molar-refractivity contribution in [2.45, 2.75) is 38.9 Å². The van der Waals surface area contributed by atoms with E-state index in [9.17, 15) is 0 Å². The fourth-order valence-electron chi connectivity index (χ4n) is 2.37. The Labute approximate surface area is 123 Å². The molecule has 0 saturated heterocycles. The second-order valence-corrected chi connectivity index (χ2v) is 4.93.